The van der Waals surface area contributed by atoms with Crippen LogP contribution < -0.4 is 4.90 Å². The lowest BCUT2D eigenvalue weighted by atomic mass is 9.93. The Hall–Kier alpha value is -3.88. The molecule has 0 bridgehead atoms. The number of amides is 1. The van der Waals surface area contributed by atoms with E-state index in [1.807, 2.05) is 68.9 Å². The maximum Gasteiger partial charge on any atom is 0.260 e. The Balaban J connectivity index is 1.38. The molecule has 1 aliphatic heterocycles. The third kappa shape index (κ3) is 3.14. The van der Waals surface area contributed by atoms with Crippen LogP contribution in [0.1, 0.15) is 74.1 Å². The Bertz CT molecular complexity index is 1410. The number of hydrogen-bond donors (Lipinski definition) is 0. The van der Waals surface area contributed by atoms with Crippen molar-refractivity contribution in [2.75, 3.05) is 4.90 Å². The molecule has 172 valence electrons. The highest BCUT2D eigenvalue weighted by atomic mass is 16.2. The molecule has 0 saturated heterocycles. The molecule has 1 aromatic carbocycles. The van der Waals surface area contributed by atoms with E-state index in [0.717, 1.165) is 16.9 Å². The van der Waals surface area contributed by atoms with E-state index in [2.05, 4.69) is 32.8 Å². The van der Waals surface area contributed by atoms with E-state index in [9.17, 15) is 4.79 Å². The highest BCUT2D eigenvalue weighted by Crippen LogP contribution is 2.43. The molecule has 1 aliphatic carbocycles. The van der Waals surface area contributed by atoms with Gasteiger partial charge in [0.2, 0.25) is 5.82 Å². The first-order valence-electron chi connectivity index (χ1n) is 11.6. The zero-order chi connectivity index (χ0) is 23.6. The minimum atomic E-state index is -0.561. The van der Waals surface area contributed by atoms with Crippen LogP contribution in [0, 0.1) is 0 Å². The van der Waals surface area contributed by atoms with Gasteiger partial charge in [-0.05, 0) is 80.8 Å². The van der Waals surface area contributed by atoms with Crippen molar-refractivity contribution in [3.8, 4) is 17.2 Å². The zero-order valence-electron chi connectivity index (χ0n) is 19.7. The van der Waals surface area contributed by atoms with E-state index in [1.165, 1.54) is 12.8 Å². The Morgan fingerprint density at radius 3 is 2.71 bits per heavy atom. The summed E-state index contributed by atoms with van der Waals surface area (Å²) in [5.74, 6) is 1.66. The first-order valence-corrected chi connectivity index (χ1v) is 11.6. The highest BCUT2D eigenvalue weighted by molar-refractivity contribution is 6.11. The lowest BCUT2D eigenvalue weighted by Gasteiger charge is -2.31. The van der Waals surface area contributed by atoms with Crippen LogP contribution >= 0.6 is 0 Å². The standard InChI is InChI=1S/C25H26N8O/c1-15(2)33-23(28-29-30-33)20-6-5-7-22(27-20)32-24(34)18-12-17(10-11-19(18)25(32,3)4)31-13-21(26-14-31)16-8-9-16/h5-7,10-16H,8-9H2,1-4H3. The normalized spacial score (nSPS) is 17.0. The van der Waals surface area contributed by atoms with E-state index in [1.54, 1.807) is 9.58 Å². The number of tetrazole rings is 1. The van der Waals surface area contributed by atoms with Crippen LogP contribution in [0.5, 0.6) is 0 Å². The summed E-state index contributed by atoms with van der Waals surface area (Å²) in [6, 6.07) is 11.8. The first-order chi connectivity index (χ1) is 16.3. The van der Waals surface area contributed by atoms with Crippen LogP contribution in [-0.4, -0.2) is 40.6 Å². The zero-order valence-corrected chi connectivity index (χ0v) is 19.7. The van der Waals surface area contributed by atoms with E-state index < -0.39 is 5.54 Å². The number of carbonyl (C=O) groups excluding carboxylic acids is 1. The van der Waals surface area contributed by atoms with Crippen LogP contribution in [0.15, 0.2) is 48.9 Å². The summed E-state index contributed by atoms with van der Waals surface area (Å²) in [6.45, 7) is 8.12. The number of imidazole rings is 1. The van der Waals surface area contributed by atoms with Crippen LogP contribution in [0.25, 0.3) is 17.2 Å². The molecule has 4 aromatic rings. The molecule has 0 unspecified atom stereocenters. The van der Waals surface area contributed by atoms with Crippen molar-refractivity contribution in [2.45, 2.75) is 58.0 Å². The molecule has 1 amide bonds. The van der Waals surface area contributed by atoms with Gasteiger partial charge >= 0.3 is 0 Å². The number of aromatic nitrogens is 7. The van der Waals surface area contributed by atoms with Gasteiger partial charge in [0.25, 0.3) is 5.91 Å². The van der Waals surface area contributed by atoms with Gasteiger partial charge in [-0.25, -0.2) is 14.6 Å². The summed E-state index contributed by atoms with van der Waals surface area (Å²) >= 11 is 0. The molecule has 3 aromatic heterocycles. The molecule has 0 atom stereocenters. The number of rotatable bonds is 5. The molecule has 34 heavy (non-hydrogen) atoms. The van der Waals surface area contributed by atoms with Crippen molar-refractivity contribution >= 4 is 11.7 Å². The van der Waals surface area contributed by atoms with Crippen LogP contribution in [0.2, 0.25) is 0 Å². The quantitative estimate of drug-likeness (QED) is 0.447. The predicted molar refractivity (Wildman–Crippen MR) is 127 cm³/mol. The third-order valence-corrected chi connectivity index (χ3v) is 6.73. The minimum Gasteiger partial charge on any atom is -0.306 e. The van der Waals surface area contributed by atoms with Gasteiger partial charge in [0.1, 0.15) is 11.5 Å². The van der Waals surface area contributed by atoms with Crippen molar-refractivity contribution in [3.63, 3.8) is 0 Å². The van der Waals surface area contributed by atoms with E-state index in [-0.39, 0.29) is 11.9 Å². The summed E-state index contributed by atoms with van der Waals surface area (Å²) in [6.07, 6.45) is 6.32. The number of nitrogens with zero attached hydrogens (tertiary/aromatic N) is 8. The molecule has 0 N–H and O–H groups in total. The molecular formula is C25H26N8O. The van der Waals surface area contributed by atoms with Gasteiger partial charge in [-0.1, -0.05) is 12.1 Å². The molecule has 9 heteroatoms. The Labute approximate surface area is 197 Å². The van der Waals surface area contributed by atoms with Crippen molar-refractivity contribution in [1.29, 1.82) is 0 Å². The summed E-state index contributed by atoms with van der Waals surface area (Å²) in [4.78, 5) is 24.8. The SMILES string of the molecule is CC(C)n1nnnc1-c1cccc(N2C(=O)c3cc(-n4cnc(C5CC5)c4)ccc3C2(C)C)n1. The second kappa shape index (κ2) is 7.31. The summed E-state index contributed by atoms with van der Waals surface area (Å²) in [5, 5.41) is 12.1. The highest BCUT2D eigenvalue weighted by Gasteiger charge is 2.44. The van der Waals surface area contributed by atoms with E-state index in [4.69, 9.17) is 4.98 Å². The van der Waals surface area contributed by atoms with Gasteiger partial charge in [0.15, 0.2) is 0 Å². The topological polar surface area (TPSA) is 94.6 Å². The summed E-state index contributed by atoms with van der Waals surface area (Å²) in [5.41, 5.74) is 3.78. The molecule has 4 heterocycles. The number of fused-ring (bicyclic) bond motifs is 1. The molecule has 0 radical (unpaired) electrons. The Kier molecular flexibility index (Phi) is 4.45. The maximum absolute atomic E-state index is 13.7. The van der Waals surface area contributed by atoms with Crippen molar-refractivity contribution in [3.05, 3.63) is 65.7 Å². The lowest BCUT2D eigenvalue weighted by Crippen LogP contribution is -2.39. The average Bonchev–Trinajstić information content (AvgIpc) is 3.27. The molecule has 6 rings (SSSR count). The Morgan fingerprint density at radius 2 is 1.94 bits per heavy atom. The van der Waals surface area contributed by atoms with Crippen LogP contribution in [0.3, 0.4) is 0 Å². The number of pyridine rings is 1. The van der Waals surface area contributed by atoms with Gasteiger partial charge in [-0.15, -0.1) is 5.10 Å². The van der Waals surface area contributed by atoms with Crippen LogP contribution in [-0.2, 0) is 5.54 Å². The van der Waals surface area contributed by atoms with E-state index in [0.29, 0.717) is 28.8 Å². The van der Waals surface area contributed by atoms with Gasteiger partial charge in [-0.3, -0.25) is 9.69 Å². The number of anilines is 1. The third-order valence-electron chi connectivity index (χ3n) is 6.73. The minimum absolute atomic E-state index is 0.0718. The van der Waals surface area contributed by atoms with Gasteiger partial charge in [0, 0.05) is 23.4 Å². The van der Waals surface area contributed by atoms with Gasteiger partial charge in [-0.2, -0.15) is 0 Å². The number of benzene rings is 1. The smallest absolute Gasteiger partial charge is 0.260 e. The Morgan fingerprint density at radius 1 is 1.12 bits per heavy atom. The van der Waals surface area contributed by atoms with Gasteiger partial charge in [0.05, 0.1) is 23.6 Å². The summed E-state index contributed by atoms with van der Waals surface area (Å²) < 4.78 is 3.73. The van der Waals surface area contributed by atoms with Crippen molar-refractivity contribution < 1.29 is 4.79 Å². The monoisotopic (exact) mass is 454 g/mol. The number of carbonyl (C=O) groups is 1. The lowest BCUT2D eigenvalue weighted by molar-refractivity contribution is 0.0981. The fraction of sp³-hybridized carbons (Fsp3) is 0.360. The van der Waals surface area contributed by atoms with Gasteiger partial charge < -0.3 is 4.57 Å². The second-order valence-electron chi connectivity index (χ2n) is 9.83. The van der Waals surface area contributed by atoms with Crippen LogP contribution in [0.4, 0.5) is 5.82 Å². The fourth-order valence-electron chi connectivity index (χ4n) is 4.74. The number of hydrogen-bond acceptors (Lipinski definition) is 6. The molecule has 2 aliphatic rings. The maximum atomic E-state index is 13.7. The molecular weight excluding hydrogens is 428 g/mol. The van der Waals surface area contributed by atoms with E-state index >= 15 is 0 Å². The second-order valence-corrected chi connectivity index (χ2v) is 9.83. The molecule has 9 nitrogen and oxygen atoms in total. The van der Waals surface area contributed by atoms with Crippen molar-refractivity contribution in [1.82, 2.24) is 34.7 Å². The predicted octanol–water partition coefficient (Wildman–Crippen LogP) is 4.27. The summed E-state index contributed by atoms with van der Waals surface area (Å²) in [7, 11) is 0. The largest absolute Gasteiger partial charge is 0.306 e. The first kappa shape index (κ1) is 20.7. The molecule has 0 spiro atoms. The fourth-order valence-corrected chi connectivity index (χ4v) is 4.74. The molecule has 1 saturated carbocycles. The molecule has 1 fully saturated rings. The average molecular weight is 455 g/mol. The van der Waals surface area contributed by atoms with Crippen molar-refractivity contribution in [2.24, 2.45) is 0 Å².